The Morgan fingerprint density at radius 3 is 2.68 bits per heavy atom. The van der Waals surface area contributed by atoms with Crippen LogP contribution in [-0.2, 0) is 7.05 Å². The van der Waals surface area contributed by atoms with Crippen LogP contribution in [0.2, 0.25) is 5.02 Å². The Labute approximate surface area is 114 Å². The summed E-state index contributed by atoms with van der Waals surface area (Å²) in [6.45, 7) is 1.45. The van der Waals surface area contributed by atoms with E-state index in [4.69, 9.17) is 16.3 Å². The van der Waals surface area contributed by atoms with Gasteiger partial charge in [0.15, 0.2) is 6.61 Å². The second-order valence-electron chi connectivity index (χ2n) is 4.12. The van der Waals surface area contributed by atoms with Gasteiger partial charge in [-0.25, -0.2) is 0 Å². The highest BCUT2D eigenvalue weighted by molar-refractivity contribution is 6.32. The molecule has 0 aliphatic heterocycles. The molecular formula is C13H13ClN2O3. The summed E-state index contributed by atoms with van der Waals surface area (Å²) in [4.78, 5) is 23.7. The molecule has 0 aliphatic carbocycles. The first-order chi connectivity index (χ1) is 9.00. The van der Waals surface area contributed by atoms with E-state index in [-0.39, 0.29) is 23.5 Å². The number of ketones is 1. The molecule has 0 radical (unpaired) electrons. The molecule has 1 N–H and O–H groups in total. The molecule has 19 heavy (non-hydrogen) atoms. The largest absolute Gasteiger partial charge is 0.484 e. The van der Waals surface area contributed by atoms with E-state index in [0.29, 0.717) is 16.5 Å². The van der Waals surface area contributed by atoms with Gasteiger partial charge >= 0.3 is 0 Å². The lowest BCUT2D eigenvalue weighted by Crippen LogP contribution is -2.22. The predicted molar refractivity (Wildman–Crippen MR) is 72.0 cm³/mol. The number of aromatic nitrogens is 2. The Balaban J connectivity index is 2.15. The maximum absolute atomic E-state index is 12.0. The summed E-state index contributed by atoms with van der Waals surface area (Å²) in [5.41, 5.74) is 0.292. The summed E-state index contributed by atoms with van der Waals surface area (Å²) in [5.74, 6) is 0.0433. The third-order valence-corrected chi connectivity index (χ3v) is 3.02. The van der Waals surface area contributed by atoms with Gasteiger partial charge in [-0.3, -0.25) is 19.4 Å². The molecule has 100 valence electrons. The van der Waals surface area contributed by atoms with Gasteiger partial charge in [-0.2, -0.15) is 0 Å². The molecule has 1 aromatic carbocycles. The highest BCUT2D eigenvalue weighted by atomic mass is 35.5. The number of Topliss-reactive ketones (excluding diaryl/α,β-unsaturated/α-hetero) is 1. The monoisotopic (exact) mass is 280 g/mol. The van der Waals surface area contributed by atoms with Crippen molar-refractivity contribution in [1.82, 2.24) is 9.78 Å². The minimum Gasteiger partial charge on any atom is -0.484 e. The number of aromatic amines is 1. The van der Waals surface area contributed by atoms with E-state index in [0.717, 1.165) is 0 Å². The summed E-state index contributed by atoms with van der Waals surface area (Å²) in [7, 11) is 1.56. The van der Waals surface area contributed by atoms with Crippen LogP contribution in [0.1, 0.15) is 16.1 Å². The fraction of sp³-hybridized carbons (Fsp3) is 0.231. The molecule has 0 bridgehead atoms. The van der Waals surface area contributed by atoms with E-state index in [2.05, 4.69) is 5.10 Å². The number of hydrogen-bond acceptors (Lipinski definition) is 3. The third-order valence-electron chi connectivity index (χ3n) is 2.70. The molecule has 0 fully saturated rings. The maximum atomic E-state index is 12.0. The Morgan fingerprint density at radius 1 is 1.42 bits per heavy atom. The first-order valence-electron chi connectivity index (χ1n) is 5.67. The standard InChI is InChI=1S/C13H13ClN2O3/c1-8-12(13(18)16(2)15-8)10(17)7-19-11-6-4-3-5-9(11)14/h3-6,15H,7H2,1-2H3. The van der Waals surface area contributed by atoms with Crippen LogP contribution in [0.15, 0.2) is 29.1 Å². The van der Waals surface area contributed by atoms with Crippen LogP contribution in [0.25, 0.3) is 0 Å². The van der Waals surface area contributed by atoms with E-state index in [1.165, 1.54) is 4.68 Å². The molecule has 1 heterocycles. The van der Waals surface area contributed by atoms with Gasteiger partial charge in [-0.1, -0.05) is 23.7 Å². The number of para-hydroxylation sites is 1. The smallest absolute Gasteiger partial charge is 0.277 e. The Bertz CT molecular complexity index is 673. The van der Waals surface area contributed by atoms with E-state index in [1.807, 2.05) is 0 Å². The Kier molecular flexibility index (Phi) is 3.76. The van der Waals surface area contributed by atoms with Crippen LogP contribution in [0.5, 0.6) is 5.75 Å². The maximum Gasteiger partial charge on any atom is 0.277 e. The minimum absolute atomic E-state index is 0.120. The van der Waals surface area contributed by atoms with Crippen molar-refractivity contribution in [3.63, 3.8) is 0 Å². The van der Waals surface area contributed by atoms with E-state index in [9.17, 15) is 9.59 Å². The van der Waals surface area contributed by atoms with Crippen LogP contribution in [0, 0.1) is 6.92 Å². The van der Waals surface area contributed by atoms with Gasteiger partial charge < -0.3 is 4.74 Å². The van der Waals surface area contributed by atoms with Crippen LogP contribution in [0.4, 0.5) is 0 Å². The number of nitrogens with one attached hydrogen (secondary N) is 1. The quantitative estimate of drug-likeness (QED) is 0.871. The number of halogens is 1. The number of ether oxygens (including phenoxy) is 1. The van der Waals surface area contributed by atoms with Gasteiger partial charge in [0.2, 0.25) is 5.78 Å². The number of carbonyl (C=O) groups excluding carboxylic acids is 1. The molecule has 0 saturated heterocycles. The van der Waals surface area contributed by atoms with Crippen molar-refractivity contribution in [3.8, 4) is 5.75 Å². The molecule has 1 aromatic heterocycles. The average molecular weight is 281 g/mol. The fourth-order valence-electron chi connectivity index (χ4n) is 1.79. The molecule has 0 spiro atoms. The molecule has 0 unspecified atom stereocenters. The summed E-state index contributed by atoms with van der Waals surface area (Å²) in [6, 6.07) is 6.86. The molecule has 0 saturated carbocycles. The zero-order valence-corrected chi connectivity index (χ0v) is 11.3. The van der Waals surface area contributed by atoms with Crippen LogP contribution in [0.3, 0.4) is 0 Å². The number of rotatable bonds is 4. The lowest BCUT2D eigenvalue weighted by molar-refractivity contribution is 0.0920. The first kappa shape index (κ1) is 13.4. The van der Waals surface area contributed by atoms with Crippen molar-refractivity contribution >= 4 is 17.4 Å². The minimum atomic E-state index is -0.376. The number of nitrogens with zero attached hydrogens (tertiary/aromatic N) is 1. The fourth-order valence-corrected chi connectivity index (χ4v) is 1.98. The van der Waals surface area contributed by atoms with Gasteiger partial charge in [-0.15, -0.1) is 0 Å². The average Bonchev–Trinajstić information content (AvgIpc) is 2.62. The molecule has 2 aromatic rings. The molecular weight excluding hydrogens is 268 g/mol. The first-order valence-corrected chi connectivity index (χ1v) is 6.04. The van der Waals surface area contributed by atoms with Gasteiger partial charge in [0, 0.05) is 12.7 Å². The van der Waals surface area contributed by atoms with E-state index < -0.39 is 0 Å². The normalized spacial score (nSPS) is 10.5. The second kappa shape index (κ2) is 5.32. The van der Waals surface area contributed by atoms with Crippen molar-refractivity contribution in [1.29, 1.82) is 0 Å². The van der Waals surface area contributed by atoms with E-state index >= 15 is 0 Å². The molecule has 5 nitrogen and oxygen atoms in total. The van der Waals surface area contributed by atoms with Gasteiger partial charge in [0.25, 0.3) is 5.56 Å². The summed E-state index contributed by atoms with van der Waals surface area (Å²) in [5, 5.41) is 3.19. The topological polar surface area (TPSA) is 64.1 Å². The van der Waals surface area contributed by atoms with Crippen LogP contribution >= 0.6 is 11.6 Å². The van der Waals surface area contributed by atoms with Gasteiger partial charge in [-0.05, 0) is 19.1 Å². The van der Waals surface area contributed by atoms with Crippen molar-refractivity contribution in [2.75, 3.05) is 6.61 Å². The molecule has 0 atom stereocenters. The zero-order chi connectivity index (χ0) is 14.0. The number of H-pyrrole nitrogens is 1. The highest BCUT2D eigenvalue weighted by Gasteiger charge is 2.18. The third kappa shape index (κ3) is 2.71. The van der Waals surface area contributed by atoms with E-state index in [1.54, 1.807) is 38.2 Å². The summed E-state index contributed by atoms with van der Waals surface area (Å²) in [6.07, 6.45) is 0. The Morgan fingerprint density at radius 2 is 2.11 bits per heavy atom. The second-order valence-corrected chi connectivity index (χ2v) is 4.53. The molecule has 2 rings (SSSR count). The molecule has 6 heteroatoms. The lowest BCUT2D eigenvalue weighted by Gasteiger charge is -2.06. The highest BCUT2D eigenvalue weighted by Crippen LogP contribution is 2.23. The Hall–Kier alpha value is -2.01. The SMILES string of the molecule is Cc1[nH]n(C)c(=O)c1C(=O)COc1ccccc1Cl. The lowest BCUT2D eigenvalue weighted by atomic mass is 10.2. The van der Waals surface area contributed by atoms with Crippen molar-refractivity contribution in [2.45, 2.75) is 6.92 Å². The predicted octanol–water partition coefficient (Wildman–Crippen LogP) is 1.94. The number of carbonyl (C=O) groups is 1. The molecule has 0 amide bonds. The summed E-state index contributed by atoms with van der Waals surface area (Å²) >= 11 is 5.91. The number of benzene rings is 1. The van der Waals surface area contributed by atoms with Crippen molar-refractivity contribution < 1.29 is 9.53 Å². The van der Waals surface area contributed by atoms with Gasteiger partial charge in [0.1, 0.15) is 11.3 Å². The summed E-state index contributed by atoms with van der Waals surface area (Å²) < 4.78 is 6.59. The number of hydrogen-bond donors (Lipinski definition) is 1. The van der Waals surface area contributed by atoms with Gasteiger partial charge in [0.05, 0.1) is 5.02 Å². The zero-order valence-electron chi connectivity index (χ0n) is 10.6. The number of aryl methyl sites for hydroxylation is 2. The van der Waals surface area contributed by atoms with Crippen LogP contribution in [-0.4, -0.2) is 22.2 Å². The van der Waals surface area contributed by atoms with Crippen molar-refractivity contribution in [2.24, 2.45) is 7.05 Å². The molecule has 0 aliphatic rings. The van der Waals surface area contributed by atoms with Crippen LogP contribution < -0.4 is 10.3 Å². The van der Waals surface area contributed by atoms with Crippen molar-refractivity contribution in [3.05, 3.63) is 50.9 Å².